The molecule has 2 nitrogen and oxygen atoms in total. The molecular weight excluding hydrogens is 184 g/mol. The minimum atomic E-state index is 1.01. The van der Waals surface area contributed by atoms with Gasteiger partial charge in [0.05, 0.1) is 0 Å². The molecule has 0 aliphatic heterocycles. The first-order valence-electron chi connectivity index (χ1n) is 6.23. The predicted molar refractivity (Wildman–Crippen MR) is 66.0 cm³/mol. The number of nitrogens with one attached hydrogen (secondary N) is 1. The van der Waals surface area contributed by atoms with Crippen LogP contribution in [0.3, 0.4) is 0 Å². The Hall–Kier alpha value is -0.760. The molecule has 0 spiro atoms. The summed E-state index contributed by atoms with van der Waals surface area (Å²) < 4.78 is 2.37. The molecule has 15 heavy (non-hydrogen) atoms. The molecule has 2 heteroatoms. The molecule has 0 atom stereocenters. The monoisotopic (exact) mass is 208 g/mol. The first-order chi connectivity index (χ1) is 7.38. The second kappa shape index (κ2) is 7.52. The Bertz CT molecular complexity index is 228. The molecule has 0 radical (unpaired) electrons. The molecule has 1 N–H and O–H groups in total. The van der Waals surface area contributed by atoms with E-state index < -0.39 is 0 Å². The number of hydrogen-bond acceptors (Lipinski definition) is 1. The Morgan fingerprint density at radius 2 is 2.07 bits per heavy atom. The molecule has 0 unspecified atom stereocenters. The molecule has 86 valence electrons. The first-order valence-corrected chi connectivity index (χ1v) is 6.23. The van der Waals surface area contributed by atoms with Crippen molar-refractivity contribution in [3.05, 3.63) is 24.0 Å². The molecule has 1 rings (SSSR count). The van der Waals surface area contributed by atoms with E-state index in [0.717, 1.165) is 13.1 Å². The highest BCUT2D eigenvalue weighted by Gasteiger charge is 1.99. The number of aromatic nitrogens is 1. The molecule has 0 fully saturated rings. The van der Waals surface area contributed by atoms with Crippen LogP contribution in [0.2, 0.25) is 0 Å². The van der Waals surface area contributed by atoms with E-state index in [-0.39, 0.29) is 0 Å². The third-order valence-corrected chi connectivity index (χ3v) is 2.66. The van der Waals surface area contributed by atoms with Crippen molar-refractivity contribution in [3.8, 4) is 0 Å². The van der Waals surface area contributed by atoms with Crippen LogP contribution < -0.4 is 5.32 Å². The number of rotatable bonds is 8. The second-order valence-corrected chi connectivity index (χ2v) is 4.08. The Labute approximate surface area is 93.7 Å². The highest BCUT2D eigenvalue weighted by molar-refractivity contribution is 5.06. The van der Waals surface area contributed by atoms with Crippen LogP contribution in [0.25, 0.3) is 0 Å². The lowest BCUT2D eigenvalue weighted by Crippen LogP contribution is -2.16. The van der Waals surface area contributed by atoms with Crippen molar-refractivity contribution in [2.45, 2.75) is 52.6 Å². The minimum Gasteiger partial charge on any atom is -0.350 e. The third-order valence-electron chi connectivity index (χ3n) is 2.66. The molecule has 1 aromatic heterocycles. The smallest absolute Gasteiger partial charge is 0.0359 e. The zero-order chi connectivity index (χ0) is 10.9. The molecule has 0 bridgehead atoms. The molecule has 0 amide bonds. The van der Waals surface area contributed by atoms with Crippen molar-refractivity contribution in [3.63, 3.8) is 0 Å². The highest BCUT2D eigenvalue weighted by Crippen LogP contribution is 2.05. The topological polar surface area (TPSA) is 17.0 Å². The van der Waals surface area contributed by atoms with Gasteiger partial charge in [-0.25, -0.2) is 0 Å². The standard InChI is InChI=1S/C13H24N2/c1-3-5-6-10-15-11-7-8-13(15)12-14-9-4-2/h7-8,11,14H,3-6,9-10,12H2,1-2H3. The Kier molecular flexibility index (Phi) is 6.17. The fourth-order valence-corrected chi connectivity index (χ4v) is 1.75. The van der Waals surface area contributed by atoms with Gasteiger partial charge in [-0.05, 0) is 31.5 Å². The summed E-state index contributed by atoms with van der Waals surface area (Å²) in [5.74, 6) is 0. The molecule has 0 aromatic carbocycles. The van der Waals surface area contributed by atoms with Crippen molar-refractivity contribution in [1.82, 2.24) is 9.88 Å². The fourth-order valence-electron chi connectivity index (χ4n) is 1.75. The van der Waals surface area contributed by atoms with Gasteiger partial charge in [0.1, 0.15) is 0 Å². The maximum atomic E-state index is 3.45. The van der Waals surface area contributed by atoms with Gasteiger partial charge in [0.15, 0.2) is 0 Å². The molecular formula is C13H24N2. The van der Waals surface area contributed by atoms with Gasteiger partial charge in [0.25, 0.3) is 0 Å². The van der Waals surface area contributed by atoms with Crippen LogP contribution in [-0.4, -0.2) is 11.1 Å². The number of aryl methyl sites for hydroxylation is 1. The summed E-state index contributed by atoms with van der Waals surface area (Å²) in [5, 5.41) is 3.45. The number of hydrogen-bond donors (Lipinski definition) is 1. The maximum absolute atomic E-state index is 3.45. The van der Waals surface area contributed by atoms with Crippen LogP contribution in [-0.2, 0) is 13.1 Å². The molecule has 0 aliphatic carbocycles. The molecule has 0 aliphatic rings. The SMILES string of the molecule is CCCCCn1cccc1CNCCC. The minimum absolute atomic E-state index is 1.01. The van der Waals surface area contributed by atoms with Gasteiger partial charge in [-0.15, -0.1) is 0 Å². The average Bonchev–Trinajstić information content (AvgIpc) is 2.67. The summed E-state index contributed by atoms with van der Waals surface area (Å²) in [7, 11) is 0. The summed E-state index contributed by atoms with van der Waals surface area (Å²) in [5.41, 5.74) is 1.42. The van der Waals surface area contributed by atoms with Gasteiger partial charge in [0, 0.05) is 25.0 Å². The second-order valence-electron chi connectivity index (χ2n) is 4.08. The van der Waals surface area contributed by atoms with Crippen LogP contribution in [0.1, 0.15) is 45.2 Å². The fraction of sp³-hybridized carbons (Fsp3) is 0.692. The zero-order valence-electron chi connectivity index (χ0n) is 10.1. The molecule has 0 saturated heterocycles. The summed E-state index contributed by atoms with van der Waals surface area (Å²) in [6.07, 6.45) is 7.33. The van der Waals surface area contributed by atoms with E-state index in [1.54, 1.807) is 0 Å². The lowest BCUT2D eigenvalue weighted by molar-refractivity contribution is 0.564. The van der Waals surface area contributed by atoms with E-state index in [4.69, 9.17) is 0 Å². The van der Waals surface area contributed by atoms with Gasteiger partial charge in [0.2, 0.25) is 0 Å². The Balaban J connectivity index is 2.32. The van der Waals surface area contributed by atoms with E-state index in [0.29, 0.717) is 0 Å². The van der Waals surface area contributed by atoms with Crippen LogP contribution >= 0.6 is 0 Å². The summed E-state index contributed by atoms with van der Waals surface area (Å²) >= 11 is 0. The van der Waals surface area contributed by atoms with Gasteiger partial charge < -0.3 is 9.88 Å². The quantitative estimate of drug-likeness (QED) is 0.649. The van der Waals surface area contributed by atoms with E-state index in [1.807, 2.05) is 0 Å². The van der Waals surface area contributed by atoms with Crippen LogP contribution in [0, 0.1) is 0 Å². The normalized spacial score (nSPS) is 10.8. The Morgan fingerprint density at radius 1 is 1.20 bits per heavy atom. The summed E-state index contributed by atoms with van der Waals surface area (Å²) in [6, 6.07) is 4.36. The van der Waals surface area contributed by atoms with Crippen LogP contribution in [0.5, 0.6) is 0 Å². The first kappa shape index (κ1) is 12.3. The van der Waals surface area contributed by atoms with E-state index in [2.05, 4.69) is 42.1 Å². The van der Waals surface area contributed by atoms with Crippen LogP contribution in [0.4, 0.5) is 0 Å². The average molecular weight is 208 g/mol. The van der Waals surface area contributed by atoms with Gasteiger partial charge in [-0.2, -0.15) is 0 Å². The van der Waals surface area contributed by atoms with Crippen LogP contribution in [0.15, 0.2) is 18.3 Å². The molecule has 1 heterocycles. The van der Waals surface area contributed by atoms with Crippen molar-refractivity contribution in [1.29, 1.82) is 0 Å². The Morgan fingerprint density at radius 3 is 2.80 bits per heavy atom. The summed E-state index contributed by atoms with van der Waals surface area (Å²) in [4.78, 5) is 0. The zero-order valence-corrected chi connectivity index (χ0v) is 10.1. The van der Waals surface area contributed by atoms with Gasteiger partial charge in [-0.3, -0.25) is 0 Å². The van der Waals surface area contributed by atoms with Gasteiger partial charge >= 0.3 is 0 Å². The predicted octanol–water partition coefficient (Wildman–Crippen LogP) is 3.18. The lowest BCUT2D eigenvalue weighted by atomic mass is 10.2. The summed E-state index contributed by atoms with van der Waals surface area (Å²) in [6.45, 7) is 7.74. The molecule has 0 saturated carbocycles. The maximum Gasteiger partial charge on any atom is 0.0359 e. The largest absolute Gasteiger partial charge is 0.350 e. The number of nitrogens with zero attached hydrogens (tertiary/aromatic N) is 1. The third kappa shape index (κ3) is 4.52. The van der Waals surface area contributed by atoms with Crippen molar-refractivity contribution in [2.24, 2.45) is 0 Å². The highest BCUT2D eigenvalue weighted by atomic mass is 15.0. The van der Waals surface area contributed by atoms with E-state index >= 15 is 0 Å². The molecule has 1 aromatic rings. The lowest BCUT2D eigenvalue weighted by Gasteiger charge is -2.09. The van der Waals surface area contributed by atoms with Crippen molar-refractivity contribution >= 4 is 0 Å². The van der Waals surface area contributed by atoms with Crippen molar-refractivity contribution < 1.29 is 0 Å². The van der Waals surface area contributed by atoms with E-state index in [9.17, 15) is 0 Å². The van der Waals surface area contributed by atoms with Crippen molar-refractivity contribution in [2.75, 3.05) is 6.54 Å². The van der Waals surface area contributed by atoms with Gasteiger partial charge in [-0.1, -0.05) is 26.7 Å². The number of unbranched alkanes of at least 4 members (excludes halogenated alkanes) is 2. The van der Waals surface area contributed by atoms with E-state index in [1.165, 1.54) is 37.9 Å².